The van der Waals surface area contributed by atoms with Gasteiger partial charge in [0.1, 0.15) is 0 Å². The highest BCUT2D eigenvalue weighted by molar-refractivity contribution is 7.67. The molecule has 0 aromatic rings. The van der Waals surface area contributed by atoms with Crippen molar-refractivity contribution in [3.05, 3.63) is 23.3 Å². The molecule has 5 nitrogen and oxygen atoms in total. The van der Waals surface area contributed by atoms with E-state index in [1.807, 2.05) is 6.92 Å². The second kappa shape index (κ2) is 10.4. The number of unbranched alkanes of at least 4 members (excludes halogenated alkanes) is 1. The first kappa shape index (κ1) is 20.7. The minimum absolute atomic E-state index is 0.164. The molecule has 0 saturated carbocycles. The number of rotatable bonds is 10. The van der Waals surface area contributed by atoms with Crippen LogP contribution < -0.4 is 0 Å². The monoisotopic (exact) mass is 337 g/mol. The fourth-order valence-corrected chi connectivity index (χ4v) is 4.65. The number of hydrogen-bond donors (Lipinski definition) is 3. The summed E-state index contributed by atoms with van der Waals surface area (Å²) in [4.78, 5) is 18.3. The van der Waals surface area contributed by atoms with Crippen molar-refractivity contribution in [3.63, 3.8) is 0 Å². The number of allylic oxidation sites excluding steroid dienone is 4. The molecule has 0 aromatic heterocycles. The molecule has 0 radical (unpaired) electrons. The lowest BCUT2D eigenvalue weighted by molar-refractivity contribution is 0.350. The van der Waals surface area contributed by atoms with Crippen LogP contribution in [0.4, 0.5) is 0 Å². The van der Waals surface area contributed by atoms with E-state index in [1.165, 1.54) is 11.1 Å². The normalized spacial score (nSPS) is 14.8. The standard InChI is InChI=1S/C14H26O5P2/c1-12(2)7-6-9-13(3)8-4-5-10-14(20(16)11-15)21(17,18)19/h7-8,14-15H,4-6,9-11H2,1-3H3,(H-,17,18,19)/p+1/b13-8-. The summed E-state index contributed by atoms with van der Waals surface area (Å²) < 4.78 is 22.7. The van der Waals surface area contributed by atoms with E-state index in [4.69, 9.17) is 14.9 Å². The summed E-state index contributed by atoms with van der Waals surface area (Å²) >= 11 is 0. The third kappa shape index (κ3) is 10.1. The average Bonchev–Trinajstić information content (AvgIpc) is 2.35. The topological polar surface area (TPSA) is 94.8 Å². The molecule has 0 heterocycles. The summed E-state index contributed by atoms with van der Waals surface area (Å²) in [6.45, 7) is 6.15. The Hall–Kier alpha value is -0.310. The molecule has 0 rings (SSSR count). The van der Waals surface area contributed by atoms with Gasteiger partial charge in [-0.15, -0.1) is 0 Å². The van der Waals surface area contributed by atoms with Crippen molar-refractivity contribution in [3.8, 4) is 0 Å². The highest BCUT2D eigenvalue weighted by atomic mass is 31.2. The van der Waals surface area contributed by atoms with Crippen LogP contribution >= 0.6 is 15.4 Å². The van der Waals surface area contributed by atoms with Crippen LogP contribution in [0.25, 0.3) is 0 Å². The van der Waals surface area contributed by atoms with Gasteiger partial charge < -0.3 is 14.9 Å². The molecular weight excluding hydrogens is 310 g/mol. The largest absolute Gasteiger partial charge is 0.382 e. The Balaban J connectivity index is 4.24. The second-order valence-electron chi connectivity index (χ2n) is 5.43. The SMILES string of the molecule is CC(C)=CCC/C(C)=C\CCCC([P+](=O)CO)P(=O)(O)O. The summed E-state index contributed by atoms with van der Waals surface area (Å²) in [7, 11) is -6.68. The Morgan fingerprint density at radius 1 is 1.19 bits per heavy atom. The van der Waals surface area contributed by atoms with E-state index in [1.54, 1.807) is 0 Å². The third-order valence-corrected chi connectivity index (χ3v) is 7.02. The van der Waals surface area contributed by atoms with Gasteiger partial charge in [0.05, 0.1) is 0 Å². The van der Waals surface area contributed by atoms with Crippen LogP contribution in [-0.4, -0.2) is 26.6 Å². The minimum atomic E-state index is -4.41. The van der Waals surface area contributed by atoms with Crippen molar-refractivity contribution < 1.29 is 24.0 Å². The molecule has 3 N–H and O–H groups in total. The van der Waals surface area contributed by atoms with Crippen molar-refractivity contribution in [2.45, 2.75) is 58.3 Å². The molecule has 0 aliphatic heterocycles. The molecule has 0 fully saturated rings. The zero-order chi connectivity index (χ0) is 16.5. The molecule has 0 amide bonds. The van der Waals surface area contributed by atoms with E-state index < -0.39 is 27.1 Å². The van der Waals surface area contributed by atoms with Crippen molar-refractivity contribution in [2.24, 2.45) is 0 Å². The Labute approximate surface area is 128 Å². The molecule has 0 bridgehead atoms. The molecule has 122 valence electrons. The zero-order valence-electron chi connectivity index (χ0n) is 13.0. The van der Waals surface area contributed by atoms with Gasteiger partial charge in [-0.1, -0.05) is 27.9 Å². The molecule has 0 aromatic carbocycles. The number of hydrogen-bond acceptors (Lipinski definition) is 3. The van der Waals surface area contributed by atoms with Gasteiger partial charge in [0.2, 0.25) is 6.35 Å². The summed E-state index contributed by atoms with van der Waals surface area (Å²) in [6, 6.07) is 0. The lowest BCUT2D eigenvalue weighted by Crippen LogP contribution is -2.05. The van der Waals surface area contributed by atoms with E-state index in [0.717, 1.165) is 12.8 Å². The van der Waals surface area contributed by atoms with E-state index in [-0.39, 0.29) is 6.42 Å². The summed E-state index contributed by atoms with van der Waals surface area (Å²) in [5.41, 5.74) is 2.53. The van der Waals surface area contributed by atoms with Crippen LogP contribution in [0.2, 0.25) is 0 Å². The Kier molecular flexibility index (Phi) is 10.3. The maximum Gasteiger partial charge on any atom is 0.382 e. The predicted octanol–water partition coefficient (Wildman–Crippen LogP) is 4.13. The van der Waals surface area contributed by atoms with Gasteiger partial charge in [-0.05, 0) is 46.5 Å². The van der Waals surface area contributed by atoms with Gasteiger partial charge in [0.25, 0.3) is 5.40 Å². The van der Waals surface area contributed by atoms with Gasteiger partial charge >= 0.3 is 15.4 Å². The molecule has 21 heavy (non-hydrogen) atoms. The lowest BCUT2D eigenvalue weighted by atomic mass is 10.1. The highest BCUT2D eigenvalue weighted by Gasteiger charge is 2.43. The molecular formula is C14H27O5P2+. The maximum absolute atomic E-state index is 11.5. The summed E-state index contributed by atoms with van der Waals surface area (Å²) in [5, 5.41) is 7.59. The smallest absolute Gasteiger partial charge is 0.353 e. The van der Waals surface area contributed by atoms with Gasteiger partial charge in [0, 0.05) is 6.42 Å². The maximum atomic E-state index is 11.5. The fourth-order valence-electron chi connectivity index (χ4n) is 1.91. The van der Waals surface area contributed by atoms with Crippen LogP contribution in [-0.2, 0) is 9.13 Å². The first-order valence-electron chi connectivity index (χ1n) is 7.07. The van der Waals surface area contributed by atoms with Gasteiger partial charge in [-0.25, -0.2) is 0 Å². The number of aliphatic hydroxyl groups is 1. The predicted molar refractivity (Wildman–Crippen MR) is 86.8 cm³/mol. The van der Waals surface area contributed by atoms with Crippen molar-refractivity contribution >= 4 is 15.4 Å². The number of aliphatic hydroxyl groups excluding tert-OH is 1. The van der Waals surface area contributed by atoms with E-state index in [9.17, 15) is 9.13 Å². The Morgan fingerprint density at radius 2 is 1.81 bits per heavy atom. The average molecular weight is 337 g/mol. The lowest BCUT2D eigenvalue weighted by Gasteiger charge is -2.08. The van der Waals surface area contributed by atoms with Crippen LogP contribution in [0, 0.1) is 0 Å². The summed E-state index contributed by atoms with van der Waals surface area (Å²) in [6.07, 6.45) is 6.93. The van der Waals surface area contributed by atoms with Gasteiger partial charge in [-0.3, -0.25) is 4.57 Å². The molecule has 0 aliphatic carbocycles. The molecule has 0 spiro atoms. The van der Waals surface area contributed by atoms with Crippen molar-refractivity contribution in [1.29, 1.82) is 0 Å². The van der Waals surface area contributed by atoms with Crippen LogP contribution in [0.15, 0.2) is 23.3 Å². The van der Waals surface area contributed by atoms with Crippen molar-refractivity contribution in [1.82, 2.24) is 0 Å². The molecule has 7 heteroatoms. The van der Waals surface area contributed by atoms with E-state index in [0.29, 0.717) is 12.8 Å². The van der Waals surface area contributed by atoms with Crippen LogP contribution in [0.3, 0.4) is 0 Å². The minimum Gasteiger partial charge on any atom is -0.353 e. The molecule has 0 aliphatic rings. The van der Waals surface area contributed by atoms with Gasteiger partial charge in [0.15, 0.2) is 0 Å². The Bertz CT molecular complexity index is 433. The highest BCUT2D eigenvalue weighted by Crippen LogP contribution is 2.55. The quantitative estimate of drug-likeness (QED) is 0.316. The first-order chi connectivity index (χ1) is 9.68. The van der Waals surface area contributed by atoms with E-state index in [2.05, 4.69) is 26.0 Å². The Morgan fingerprint density at radius 3 is 2.29 bits per heavy atom. The van der Waals surface area contributed by atoms with E-state index >= 15 is 0 Å². The summed E-state index contributed by atoms with van der Waals surface area (Å²) in [5.74, 6) is 0. The third-order valence-electron chi connectivity index (χ3n) is 3.11. The zero-order valence-corrected chi connectivity index (χ0v) is 14.8. The fraction of sp³-hybridized carbons (Fsp3) is 0.714. The second-order valence-corrected chi connectivity index (χ2v) is 9.38. The molecule has 2 atom stereocenters. The molecule has 0 saturated heterocycles. The van der Waals surface area contributed by atoms with Crippen LogP contribution in [0.1, 0.15) is 52.9 Å². The first-order valence-corrected chi connectivity index (χ1v) is 10.3. The van der Waals surface area contributed by atoms with Crippen LogP contribution in [0.5, 0.6) is 0 Å². The van der Waals surface area contributed by atoms with Gasteiger partial charge in [-0.2, -0.15) is 0 Å². The molecule has 2 unspecified atom stereocenters. The van der Waals surface area contributed by atoms with Crippen molar-refractivity contribution in [2.75, 3.05) is 6.35 Å².